The Morgan fingerprint density at radius 3 is 2.91 bits per heavy atom. The van der Waals surface area contributed by atoms with Gasteiger partial charge < -0.3 is 4.98 Å². The van der Waals surface area contributed by atoms with Gasteiger partial charge in [0.2, 0.25) is 0 Å². The number of hydrogen-bond acceptors (Lipinski definition) is 1. The second kappa shape index (κ2) is 4.73. The third kappa shape index (κ3) is 2.16. The lowest BCUT2D eigenvalue weighted by molar-refractivity contribution is 0.312. The van der Waals surface area contributed by atoms with Crippen LogP contribution in [-0.4, -0.2) is 15.2 Å². The average Bonchev–Trinajstić information content (AvgIpc) is 3.07. The first-order chi connectivity index (χ1) is 10.6. The third-order valence-electron chi connectivity index (χ3n) is 5.01. The first-order valence-corrected chi connectivity index (χ1v) is 8.24. The van der Waals surface area contributed by atoms with Crippen LogP contribution in [0.3, 0.4) is 0 Å². The molecule has 2 heterocycles. The van der Waals surface area contributed by atoms with E-state index >= 15 is 0 Å². The summed E-state index contributed by atoms with van der Waals surface area (Å²) < 4.78 is 0. The molecule has 4 rings (SSSR count). The smallest absolute Gasteiger partial charge is 0.112 e. The van der Waals surface area contributed by atoms with Crippen molar-refractivity contribution in [2.24, 2.45) is 5.41 Å². The van der Waals surface area contributed by atoms with Gasteiger partial charge in [-0.15, -0.1) is 0 Å². The molecule has 114 valence electrons. The van der Waals surface area contributed by atoms with Gasteiger partial charge in [-0.2, -0.15) is 5.10 Å². The van der Waals surface area contributed by atoms with Crippen LogP contribution < -0.4 is 0 Å². The van der Waals surface area contributed by atoms with E-state index in [9.17, 15) is 0 Å². The predicted molar refractivity (Wildman–Crippen MR) is 91.1 cm³/mol. The van der Waals surface area contributed by atoms with Crippen LogP contribution in [0, 0.1) is 5.41 Å². The molecule has 1 aromatic carbocycles. The highest BCUT2D eigenvalue weighted by Crippen LogP contribution is 2.38. The summed E-state index contributed by atoms with van der Waals surface area (Å²) in [6.45, 7) is 6.87. The van der Waals surface area contributed by atoms with Gasteiger partial charge in [-0.05, 0) is 48.8 Å². The van der Waals surface area contributed by atoms with Crippen molar-refractivity contribution in [3.8, 4) is 11.4 Å². The largest absolute Gasteiger partial charge is 0.353 e. The van der Waals surface area contributed by atoms with Crippen LogP contribution in [0.25, 0.3) is 22.3 Å². The number of aryl methyl sites for hydroxylation is 1. The molecule has 3 heteroatoms. The summed E-state index contributed by atoms with van der Waals surface area (Å²) in [5.41, 5.74) is 7.93. The molecule has 0 amide bonds. The van der Waals surface area contributed by atoms with Gasteiger partial charge >= 0.3 is 0 Å². The summed E-state index contributed by atoms with van der Waals surface area (Å²) in [6.07, 6.45) is 4.50. The van der Waals surface area contributed by atoms with Gasteiger partial charge in [0.05, 0.1) is 5.69 Å². The zero-order valence-electron chi connectivity index (χ0n) is 13.6. The van der Waals surface area contributed by atoms with Gasteiger partial charge in [0.15, 0.2) is 0 Å². The Labute approximate surface area is 131 Å². The van der Waals surface area contributed by atoms with E-state index in [1.165, 1.54) is 34.1 Å². The fraction of sp³-hybridized carbons (Fsp3) is 0.421. The van der Waals surface area contributed by atoms with Gasteiger partial charge in [0.25, 0.3) is 0 Å². The zero-order chi connectivity index (χ0) is 15.3. The number of H-pyrrole nitrogens is 2. The highest BCUT2D eigenvalue weighted by molar-refractivity contribution is 5.86. The lowest BCUT2D eigenvalue weighted by atomic mass is 9.76. The number of rotatable bonds is 2. The Morgan fingerprint density at radius 1 is 1.23 bits per heavy atom. The van der Waals surface area contributed by atoms with Crippen LogP contribution in [0.5, 0.6) is 0 Å². The molecular weight excluding hydrogens is 270 g/mol. The summed E-state index contributed by atoms with van der Waals surface area (Å²) >= 11 is 0. The standard InChI is InChI=1S/C19H23N3/c1-4-12-5-6-13-10-16(20-15(13)9-12)18-14-7-8-19(2,3)11-17(14)21-22-18/h5-6,9-10,20H,4,7-8,11H2,1-3H3,(H,21,22). The highest BCUT2D eigenvalue weighted by Gasteiger charge is 2.29. The summed E-state index contributed by atoms with van der Waals surface area (Å²) in [5.74, 6) is 0. The van der Waals surface area contributed by atoms with Crippen molar-refractivity contribution in [1.82, 2.24) is 15.2 Å². The van der Waals surface area contributed by atoms with Gasteiger partial charge in [0, 0.05) is 22.2 Å². The molecule has 22 heavy (non-hydrogen) atoms. The van der Waals surface area contributed by atoms with Crippen molar-refractivity contribution in [2.75, 3.05) is 0 Å². The van der Waals surface area contributed by atoms with E-state index < -0.39 is 0 Å². The molecule has 1 aliphatic carbocycles. The normalized spacial score (nSPS) is 16.9. The van der Waals surface area contributed by atoms with Crippen LogP contribution in [0.4, 0.5) is 0 Å². The van der Waals surface area contributed by atoms with E-state index in [4.69, 9.17) is 0 Å². The highest BCUT2D eigenvalue weighted by atomic mass is 15.1. The molecule has 0 spiro atoms. The van der Waals surface area contributed by atoms with Crippen LogP contribution in [0.2, 0.25) is 0 Å². The second-order valence-electron chi connectivity index (χ2n) is 7.33. The summed E-state index contributed by atoms with van der Waals surface area (Å²) in [6, 6.07) is 8.89. The number of benzene rings is 1. The maximum atomic E-state index is 4.62. The lowest BCUT2D eigenvalue weighted by Gasteiger charge is -2.28. The van der Waals surface area contributed by atoms with Crippen molar-refractivity contribution >= 4 is 10.9 Å². The van der Waals surface area contributed by atoms with Crippen LogP contribution in [0.15, 0.2) is 24.3 Å². The fourth-order valence-corrected chi connectivity index (χ4v) is 3.59. The van der Waals surface area contributed by atoms with Crippen molar-refractivity contribution < 1.29 is 0 Å². The van der Waals surface area contributed by atoms with E-state index in [1.54, 1.807) is 0 Å². The van der Waals surface area contributed by atoms with Crippen LogP contribution >= 0.6 is 0 Å². The van der Waals surface area contributed by atoms with E-state index in [0.29, 0.717) is 5.41 Å². The minimum atomic E-state index is 0.382. The van der Waals surface area contributed by atoms with Gasteiger partial charge in [-0.3, -0.25) is 5.10 Å². The molecular formula is C19H23N3. The topological polar surface area (TPSA) is 44.5 Å². The van der Waals surface area contributed by atoms with E-state index in [-0.39, 0.29) is 0 Å². The number of aromatic nitrogens is 3. The lowest BCUT2D eigenvalue weighted by Crippen LogP contribution is -2.21. The molecule has 0 unspecified atom stereocenters. The monoisotopic (exact) mass is 293 g/mol. The Balaban J connectivity index is 1.78. The predicted octanol–water partition coefficient (Wildman–Crippen LogP) is 4.64. The molecule has 0 fully saturated rings. The molecule has 0 saturated heterocycles. The fourth-order valence-electron chi connectivity index (χ4n) is 3.59. The minimum Gasteiger partial charge on any atom is -0.353 e. The molecule has 3 aromatic rings. The molecule has 1 aliphatic rings. The molecule has 2 N–H and O–H groups in total. The minimum absolute atomic E-state index is 0.382. The third-order valence-corrected chi connectivity index (χ3v) is 5.01. The summed E-state index contributed by atoms with van der Waals surface area (Å²) in [5, 5.41) is 9.16. The Bertz CT molecular complexity index is 836. The van der Waals surface area contributed by atoms with E-state index in [0.717, 1.165) is 30.7 Å². The quantitative estimate of drug-likeness (QED) is 0.710. The molecule has 0 saturated carbocycles. The number of nitrogens with one attached hydrogen (secondary N) is 2. The van der Waals surface area contributed by atoms with Crippen molar-refractivity contribution in [1.29, 1.82) is 0 Å². The van der Waals surface area contributed by atoms with Crippen molar-refractivity contribution in [3.05, 3.63) is 41.1 Å². The van der Waals surface area contributed by atoms with Crippen molar-refractivity contribution in [2.45, 2.75) is 46.5 Å². The number of fused-ring (bicyclic) bond motifs is 2. The number of aromatic amines is 2. The molecule has 0 atom stereocenters. The van der Waals surface area contributed by atoms with Gasteiger partial charge in [-0.1, -0.05) is 32.9 Å². The van der Waals surface area contributed by atoms with E-state index in [1.807, 2.05) is 0 Å². The number of hydrogen-bond donors (Lipinski definition) is 2. The Kier molecular flexibility index (Phi) is 2.93. The second-order valence-corrected chi connectivity index (χ2v) is 7.33. The van der Waals surface area contributed by atoms with Gasteiger partial charge in [0.1, 0.15) is 5.69 Å². The van der Waals surface area contributed by atoms with Crippen LogP contribution in [0.1, 0.15) is 44.0 Å². The molecule has 0 bridgehead atoms. The zero-order valence-corrected chi connectivity index (χ0v) is 13.6. The molecule has 2 aromatic heterocycles. The maximum Gasteiger partial charge on any atom is 0.112 e. The first-order valence-electron chi connectivity index (χ1n) is 8.24. The molecule has 0 aliphatic heterocycles. The van der Waals surface area contributed by atoms with Crippen LogP contribution in [-0.2, 0) is 19.3 Å². The summed E-state index contributed by atoms with van der Waals surface area (Å²) in [4.78, 5) is 3.56. The first kappa shape index (κ1) is 13.6. The number of nitrogens with zero attached hydrogens (tertiary/aromatic N) is 1. The SMILES string of the molecule is CCc1ccc2cc(-c3n[nH]c4c3CCC(C)(C)C4)[nH]c2c1. The Morgan fingerprint density at radius 2 is 2.09 bits per heavy atom. The molecule has 0 radical (unpaired) electrons. The summed E-state index contributed by atoms with van der Waals surface area (Å²) in [7, 11) is 0. The average molecular weight is 293 g/mol. The Hall–Kier alpha value is -2.03. The molecule has 3 nitrogen and oxygen atoms in total. The van der Waals surface area contributed by atoms with Gasteiger partial charge in [-0.25, -0.2) is 0 Å². The van der Waals surface area contributed by atoms with Crippen molar-refractivity contribution in [3.63, 3.8) is 0 Å². The maximum absolute atomic E-state index is 4.62. The van der Waals surface area contributed by atoms with E-state index in [2.05, 4.69) is 60.2 Å².